The van der Waals surface area contributed by atoms with E-state index in [2.05, 4.69) is 5.32 Å². The second kappa shape index (κ2) is 8.26. The molecular weight excluding hydrogens is 399 g/mol. The Morgan fingerprint density at radius 1 is 1.15 bits per heavy atom. The van der Waals surface area contributed by atoms with Crippen molar-refractivity contribution >= 4 is 44.8 Å². The molecule has 0 aliphatic rings. The lowest BCUT2D eigenvalue weighted by Gasteiger charge is -2.14. The molecular formula is C17H18Cl2N2O4S. The fourth-order valence-corrected chi connectivity index (χ4v) is 3.43. The second-order valence-corrected chi connectivity index (χ2v) is 8.67. The molecule has 0 fully saturated rings. The molecule has 0 unspecified atom stereocenters. The summed E-state index contributed by atoms with van der Waals surface area (Å²) in [5.74, 6) is -0.182. The largest absolute Gasteiger partial charge is 0.482 e. The Labute approximate surface area is 162 Å². The number of hydrogen-bond donors (Lipinski definition) is 1. The molecule has 0 aliphatic carbocycles. The molecule has 140 valence electrons. The molecule has 1 N–H and O–H groups in total. The van der Waals surface area contributed by atoms with Crippen molar-refractivity contribution in [3.8, 4) is 5.75 Å². The van der Waals surface area contributed by atoms with Crippen LogP contribution in [-0.2, 0) is 14.8 Å². The summed E-state index contributed by atoms with van der Waals surface area (Å²) in [6.07, 6.45) is 0. The molecule has 1 amide bonds. The van der Waals surface area contributed by atoms with E-state index in [9.17, 15) is 13.2 Å². The van der Waals surface area contributed by atoms with E-state index in [0.717, 1.165) is 9.87 Å². The number of carbonyl (C=O) groups excluding carboxylic acids is 1. The van der Waals surface area contributed by atoms with E-state index in [1.54, 1.807) is 18.2 Å². The van der Waals surface area contributed by atoms with Crippen LogP contribution in [0.4, 0.5) is 5.69 Å². The minimum absolute atomic E-state index is 0.0406. The smallest absolute Gasteiger partial charge is 0.262 e. The Morgan fingerprint density at radius 2 is 1.85 bits per heavy atom. The number of anilines is 1. The summed E-state index contributed by atoms with van der Waals surface area (Å²) in [4.78, 5) is 12.1. The number of sulfonamides is 1. The second-order valence-electron chi connectivity index (χ2n) is 5.68. The normalized spacial score (nSPS) is 11.5. The number of hydrogen-bond acceptors (Lipinski definition) is 4. The molecule has 2 aromatic carbocycles. The third-order valence-electron chi connectivity index (χ3n) is 3.51. The van der Waals surface area contributed by atoms with E-state index in [0.29, 0.717) is 10.7 Å². The lowest BCUT2D eigenvalue weighted by Crippen LogP contribution is -2.22. The molecule has 26 heavy (non-hydrogen) atoms. The van der Waals surface area contributed by atoms with Gasteiger partial charge in [0.25, 0.3) is 5.91 Å². The minimum Gasteiger partial charge on any atom is -0.482 e. The number of aryl methyl sites for hydroxylation is 1. The van der Waals surface area contributed by atoms with Gasteiger partial charge in [-0.1, -0.05) is 29.3 Å². The molecule has 2 aromatic rings. The predicted octanol–water partition coefficient (Wildman–Crippen LogP) is 3.57. The van der Waals surface area contributed by atoms with Crippen molar-refractivity contribution < 1.29 is 17.9 Å². The van der Waals surface area contributed by atoms with Gasteiger partial charge in [0.05, 0.1) is 9.92 Å². The van der Waals surface area contributed by atoms with Gasteiger partial charge in [0, 0.05) is 24.8 Å². The van der Waals surface area contributed by atoms with Gasteiger partial charge in [-0.2, -0.15) is 0 Å². The van der Waals surface area contributed by atoms with Crippen LogP contribution in [0.1, 0.15) is 5.56 Å². The Balaban J connectivity index is 2.05. The number of benzene rings is 2. The maximum atomic E-state index is 12.1. The summed E-state index contributed by atoms with van der Waals surface area (Å²) in [6, 6.07) is 9.23. The first-order valence-electron chi connectivity index (χ1n) is 7.52. The summed E-state index contributed by atoms with van der Waals surface area (Å²) >= 11 is 12.0. The van der Waals surface area contributed by atoms with Crippen molar-refractivity contribution in [2.75, 3.05) is 26.0 Å². The average molecular weight is 417 g/mol. The van der Waals surface area contributed by atoms with Gasteiger partial charge < -0.3 is 10.1 Å². The Bertz CT molecular complexity index is 930. The van der Waals surface area contributed by atoms with E-state index in [4.69, 9.17) is 27.9 Å². The van der Waals surface area contributed by atoms with Gasteiger partial charge in [-0.25, -0.2) is 12.7 Å². The zero-order valence-corrected chi connectivity index (χ0v) is 16.7. The third-order valence-corrected chi connectivity index (χ3v) is 5.86. The first-order valence-corrected chi connectivity index (χ1v) is 9.71. The van der Waals surface area contributed by atoms with Crippen molar-refractivity contribution in [1.82, 2.24) is 4.31 Å². The summed E-state index contributed by atoms with van der Waals surface area (Å²) in [6.45, 7) is 1.55. The summed E-state index contributed by atoms with van der Waals surface area (Å²) in [7, 11) is -0.743. The summed E-state index contributed by atoms with van der Waals surface area (Å²) in [5, 5.41) is 3.30. The quantitative estimate of drug-likeness (QED) is 0.780. The molecule has 0 spiro atoms. The highest BCUT2D eigenvalue weighted by molar-refractivity contribution is 7.89. The van der Waals surface area contributed by atoms with Crippen molar-refractivity contribution in [2.45, 2.75) is 11.8 Å². The van der Waals surface area contributed by atoms with E-state index in [1.807, 2.05) is 6.92 Å². The maximum absolute atomic E-state index is 12.1. The van der Waals surface area contributed by atoms with Gasteiger partial charge in [-0.15, -0.1) is 0 Å². The van der Waals surface area contributed by atoms with Crippen molar-refractivity contribution in [1.29, 1.82) is 0 Å². The molecule has 0 atom stereocenters. The third kappa shape index (κ3) is 4.88. The van der Waals surface area contributed by atoms with Crippen LogP contribution in [-0.4, -0.2) is 39.3 Å². The maximum Gasteiger partial charge on any atom is 0.262 e. The fraction of sp³-hybridized carbons (Fsp3) is 0.235. The summed E-state index contributed by atoms with van der Waals surface area (Å²) < 4.78 is 30.6. The van der Waals surface area contributed by atoms with E-state index in [1.165, 1.54) is 32.3 Å². The molecule has 0 aliphatic heterocycles. The van der Waals surface area contributed by atoms with Crippen LogP contribution in [0.25, 0.3) is 0 Å². The molecule has 0 saturated heterocycles. The van der Waals surface area contributed by atoms with Crippen LogP contribution in [0.5, 0.6) is 5.75 Å². The number of amides is 1. The highest BCUT2D eigenvalue weighted by Crippen LogP contribution is 2.28. The molecule has 9 heteroatoms. The fourth-order valence-electron chi connectivity index (χ4n) is 2.03. The summed E-state index contributed by atoms with van der Waals surface area (Å²) in [5.41, 5.74) is 1.45. The number of carbonyl (C=O) groups is 1. The van der Waals surface area contributed by atoms with Crippen molar-refractivity contribution in [2.24, 2.45) is 0 Å². The van der Waals surface area contributed by atoms with Crippen LogP contribution >= 0.6 is 23.2 Å². The first-order chi connectivity index (χ1) is 12.1. The van der Waals surface area contributed by atoms with Crippen LogP contribution in [0.15, 0.2) is 41.3 Å². The number of halogens is 2. The molecule has 0 bridgehead atoms. The highest BCUT2D eigenvalue weighted by atomic mass is 35.5. The number of ether oxygens (including phenoxy) is 1. The zero-order valence-electron chi connectivity index (χ0n) is 14.4. The SMILES string of the molecule is Cc1ccc(Cl)cc1NC(=O)COc1ccc(S(=O)(=O)N(C)C)cc1Cl. The van der Waals surface area contributed by atoms with Crippen LogP contribution in [0, 0.1) is 6.92 Å². The van der Waals surface area contributed by atoms with Gasteiger partial charge in [0.15, 0.2) is 6.61 Å². The molecule has 0 radical (unpaired) electrons. The van der Waals surface area contributed by atoms with E-state index < -0.39 is 15.9 Å². The van der Waals surface area contributed by atoms with Crippen molar-refractivity contribution in [3.63, 3.8) is 0 Å². The van der Waals surface area contributed by atoms with E-state index in [-0.39, 0.29) is 22.3 Å². The lowest BCUT2D eigenvalue weighted by atomic mass is 10.2. The average Bonchev–Trinajstić information content (AvgIpc) is 2.56. The van der Waals surface area contributed by atoms with Gasteiger partial charge >= 0.3 is 0 Å². The Morgan fingerprint density at radius 3 is 2.46 bits per heavy atom. The Hall–Kier alpha value is -1.80. The molecule has 2 rings (SSSR count). The Kier molecular flexibility index (Phi) is 6.52. The number of nitrogens with one attached hydrogen (secondary N) is 1. The minimum atomic E-state index is -3.60. The van der Waals surface area contributed by atoms with Crippen LogP contribution in [0.3, 0.4) is 0 Å². The van der Waals surface area contributed by atoms with Gasteiger partial charge in [0.1, 0.15) is 5.75 Å². The number of rotatable bonds is 6. The van der Waals surface area contributed by atoms with Gasteiger partial charge in [-0.05, 0) is 42.8 Å². The topological polar surface area (TPSA) is 75.7 Å². The molecule has 6 nitrogen and oxygen atoms in total. The lowest BCUT2D eigenvalue weighted by molar-refractivity contribution is -0.118. The van der Waals surface area contributed by atoms with E-state index >= 15 is 0 Å². The van der Waals surface area contributed by atoms with Crippen LogP contribution in [0.2, 0.25) is 10.0 Å². The molecule has 0 aromatic heterocycles. The predicted molar refractivity (Wildman–Crippen MR) is 103 cm³/mol. The highest BCUT2D eigenvalue weighted by Gasteiger charge is 2.19. The van der Waals surface area contributed by atoms with Crippen molar-refractivity contribution in [3.05, 3.63) is 52.0 Å². The first kappa shape index (κ1) is 20.5. The molecule has 0 saturated carbocycles. The zero-order chi connectivity index (χ0) is 19.5. The van der Waals surface area contributed by atoms with Gasteiger partial charge in [0.2, 0.25) is 10.0 Å². The standard InChI is InChI=1S/C17H18Cl2N2O4S/c1-11-4-5-12(18)8-15(11)20-17(22)10-25-16-7-6-13(9-14(16)19)26(23,24)21(2)3/h4-9H,10H2,1-3H3,(H,20,22). The molecule has 0 heterocycles. The van der Waals surface area contributed by atoms with Gasteiger partial charge in [-0.3, -0.25) is 4.79 Å². The number of nitrogens with zero attached hydrogens (tertiary/aromatic N) is 1. The van der Waals surface area contributed by atoms with Crippen LogP contribution < -0.4 is 10.1 Å². The monoisotopic (exact) mass is 416 g/mol.